The summed E-state index contributed by atoms with van der Waals surface area (Å²) >= 11 is 0. The van der Waals surface area contributed by atoms with Crippen molar-refractivity contribution in [1.82, 2.24) is 10.2 Å². The summed E-state index contributed by atoms with van der Waals surface area (Å²) in [4.78, 5) is 6.47. The summed E-state index contributed by atoms with van der Waals surface area (Å²) in [6.07, 6.45) is 3.43. The molecule has 1 aliphatic heterocycles. The number of rotatable bonds is 11. The Balaban J connectivity index is 2.01. The Kier molecular flexibility index (Phi) is 11.1. The van der Waals surface area contributed by atoms with Gasteiger partial charge in [-0.25, -0.2) is 0 Å². The maximum absolute atomic E-state index is 5.54. The molecular weight excluding hydrogens is 282 g/mol. The highest BCUT2D eigenvalue weighted by atomic mass is 16.5. The average molecular weight is 315 g/mol. The van der Waals surface area contributed by atoms with E-state index in [0.29, 0.717) is 25.7 Å². The van der Waals surface area contributed by atoms with Gasteiger partial charge in [-0.2, -0.15) is 0 Å². The maximum Gasteiger partial charge on any atom is 0.193 e. The van der Waals surface area contributed by atoms with Crippen LogP contribution >= 0.6 is 0 Å². The highest BCUT2D eigenvalue weighted by molar-refractivity contribution is 5.79. The minimum absolute atomic E-state index is 0.611. The second-order valence-electron chi connectivity index (χ2n) is 5.66. The summed E-state index contributed by atoms with van der Waals surface area (Å²) in [5.41, 5.74) is 0. The maximum atomic E-state index is 5.54. The molecule has 1 unspecified atom stereocenters. The monoisotopic (exact) mass is 315 g/mol. The van der Waals surface area contributed by atoms with Gasteiger partial charge < -0.3 is 24.4 Å². The molecule has 0 spiro atoms. The van der Waals surface area contributed by atoms with Gasteiger partial charge in [-0.05, 0) is 12.8 Å². The van der Waals surface area contributed by atoms with Crippen LogP contribution in [0.25, 0.3) is 0 Å². The van der Waals surface area contributed by atoms with Crippen molar-refractivity contribution in [3.05, 3.63) is 0 Å². The van der Waals surface area contributed by atoms with E-state index < -0.39 is 0 Å². The standard InChI is InChI=1S/C16H33N3O3/c1-4-5-8-20-11-12-21-10-7-18-16(17-2)19(3)13-15-6-9-22-14-15/h15H,4-14H2,1-3H3,(H,17,18). The summed E-state index contributed by atoms with van der Waals surface area (Å²) in [5.74, 6) is 1.52. The molecule has 1 saturated heterocycles. The number of unbranched alkanes of at least 4 members (excludes halogenated alkanes) is 1. The molecule has 0 radical (unpaired) electrons. The van der Waals surface area contributed by atoms with Gasteiger partial charge in [0.25, 0.3) is 0 Å². The number of aliphatic imine (C=N–C) groups is 1. The minimum atomic E-state index is 0.611. The van der Waals surface area contributed by atoms with Gasteiger partial charge >= 0.3 is 0 Å². The predicted octanol–water partition coefficient (Wildman–Crippen LogP) is 1.36. The van der Waals surface area contributed by atoms with Gasteiger partial charge in [0.15, 0.2) is 5.96 Å². The van der Waals surface area contributed by atoms with E-state index >= 15 is 0 Å². The van der Waals surface area contributed by atoms with Crippen molar-refractivity contribution in [3.8, 4) is 0 Å². The molecule has 1 heterocycles. The first-order valence-corrected chi connectivity index (χ1v) is 8.43. The van der Waals surface area contributed by atoms with E-state index in [1.807, 2.05) is 7.05 Å². The van der Waals surface area contributed by atoms with Crippen molar-refractivity contribution in [2.45, 2.75) is 26.2 Å². The van der Waals surface area contributed by atoms with Gasteiger partial charge in [0.1, 0.15) is 0 Å². The van der Waals surface area contributed by atoms with Crippen molar-refractivity contribution in [2.75, 3.05) is 66.8 Å². The van der Waals surface area contributed by atoms with Gasteiger partial charge in [-0.1, -0.05) is 13.3 Å². The molecule has 1 atom stereocenters. The number of nitrogens with zero attached hydrogens (tertiary/aromatic N) is 2. The third kappa shape index (κ3) is 8.56. The molecule has 1 aliphatic rings. The molecule has 1 rings (SSSR count). The van der Waals surface area contributed by atoms with Crippen molar-refractivity contribution in [3.63, 3.8) is 0 Å². The van der Waals surface area contributed by atoms with Crippen LogP contribution in [-0.4, -0.2) is 77.7 Å². The van der Waals surface area contributed by atoms with E-state index in [1.165, 1.54) is 6.42 Å². The number of nitrogens with one attached hydrogen (secondary N) is 1. The highest BCUT2D eigenvalue weighted by Crippen LogP contribution is 2.13. The quantitative estimate of drug-likeness (QED) is 0.354. The van der Waals surface area contributed by atoms with Crippen molar-refractivity contribution < 1.29 is 14.2 Å². The molecule has 0 amide bonds. The summed E-state index contributed by atoms with van der Waals surface area (Å²) in [7, 11) is 3.88. The SMILES string of the molecule is CCCCOCCOCCNC(=NC)N(C)CC1CCOC1. The van der Waals surface area contributed by atoms with Gasteiger partial charge in [0.05, 0.1) is 26.4 Å². The lowest BCUT2D eigenvalue weighted by Gasteiger charge is -2.24. The molecule has 1 fully saturated rings. The van der Waals surface area contributed by atoms with Crippen molar-refractivity contribution >= 4 is 5.96 Å². The summed E-state index contributed by atoms with van der Waals surface area (Å²) in [6, 6.07) is 0. The summed E-state index contributed by atoms with van der Waals surface area (Å²) in [5, 5.41) is 3.32. The van der Waals surface area contributed by atoms with Crippen molar-refractivity contribution in [2.24, 2.45) is 10.9 Å². The van der Waals surface area contributed by atoms with Crippen molar-refractivity contribution in [1.29, 1.82) is 0 Å². The molecule has 0 aromatic rings. The van der Waals surface area contributed by atoms with Crippen LogP contribution < -0.4 is 5.32 Å². The number of guanidine groups is 1. The van der Waals surface area contributed by atoms with E-state index in [2.05, 4.69) is 29.2 Å². The molecule has 130 valence electrons. The van der Waals surface area contributed by atoms with E-state index in [-0.39, 0.29) is 0 Å². The Labute approximate surface area is 135 Å². The molecule has 0 bridgehead atoms. The fraction of sp³-hybridized carbons (Fsp3) is 0.938. The molecular formula is C16H33N3O3. The smallest absolute Gasteiger partial charge is 0.193 e. The largest absolute Gasteiger partial charge is 0.381 e. The van der Waals surface area contributed by atoms with Crippen LogP contribution in [0.1, 0.15) is 26.2 Å². The first-order valence-electron chi connectivity index (χ1n) is 8.43. The van der Waals surface area contributed by atoms with Crippen LogP contribution in [0.4, 0.5) is 0 Å². The topological polar surface area (TPSA) is 55.3 Å². The first kappa shape index (κ1) is 19.2. The van der Waals surface area contributed by atoms with Crippen LogP contribution in [0.2, 0.25) is 0 Å². The Morgan fingerprint density at radius 1 is 1.27 bits per heavy atom. The number of ether oxygens (including phenoxy) is 3. The van der Waals surface area contributed by atoms with Crippen LogP contribution in [-0.2, 0) is 14.2 Å². The average Bonchev–Trinajstić information content (AvgIpc) is 3.02. The zero-order chi connectivity index (χ0) is 16.0. The Morgan fingerprint density at radius 2 is 2.05 bits per heavy atom. The second kappa shape index (κ2) is 12.7. The lowest BCUT2D eigenvalue weighted by atomic mass is 10.1. The third-order valence-electron chi connectivity index (χ3n) is 3.67. The fourth-order valence-electron chi connectivity index (χ4n) is 2.39. The van der Waals surface area contributed by atoms with Gasteiger partial charge in [-0.3, -0.25) is 4.99 Å². The summed E-state index contributed by atoms with van der Waals surface area (Å²) < 4.78 is 16.4. The Bertz CT molecular complexity index is 294. The molecule has 6 heteroatoms. The Hall–Kier alpha value is -0.850. The van der Waals surface area contributed by atoms with Crippen LogP contribution in [0.5, 0.6) is 0 Å². The molecule has 0 aliphatic carbocycles. The predicted molar refractivity (Wildman–Crippen MR) is 89.5 cm³/mol. The summed E-state index contributed by atoms with van der Waals surface area (Å²) in [6.45, 7) is 8.47. The van der Waals surface area contributed by atoms with Crippen LogP contribution in [0, 0.1) is 5.92 Å². The fourth-order valence-corrected chi connectivity index (χ4v) is 2.39. The molecule has 0 aromatic heterocycles. The van der Waals surface area contributed by atoms with Crippen LogP contribution in [0.3, 0.4) is 0 Å². The molecule has 0 aromatic carbocycles. The van der Waals surface area contributed by atoms with Gasteiger partial charge in [0, 0.05) is 46.3 Å². The van der Waals surface area contributed by atoms with Gasteiger partial charge in [0.2, 0.25) is 0 Å². The van der Waals surface area contributed by atoms with E-state index in [9.17, 15) is 0 Å². The molecule has 1 N–H and O–H groups in total. The highest BCUT2D eigenvalue weighted by Gasteiger charge is 2.18. The zero-order valence-electron chi connectivity index (χ0n) is 14.5. The normalized spacial score (nSPS) is 18.7. The lowest BCUT2D eigenvalue weighted by Crippen LogP contribution is -2.42. The lowest BCUT2D eigenvalue weighted by molar-refractivity contribution is 0.0486. The molecule has 22 heavy (non-hydrogen) atoms. The first-order chi connectivity index (χ1) is 10.8. The van der Waals surface area contributed by atoms with E-state index in [0.717, 1.165) is 51.7 Å². The van der Waals surface area contributed by atoms with E-state index in [4.69, 9.17) is 14.2 Å². The second-order valence-corrected chi connectivity index (χ2v) is 5.66. The number of hydrogen-bond donors (Lipinski definition) is 1. The Morgan fingerprint density at radius 3 is 2.68 bits per heavy atom. The van der Waals surface area contributed by atoms with Crippen LogP contribution in [0.15, 0.2) is 4.99 Å². The van der Waals surface area contributed by atoms with E-state index in [1.54, 1.807) is 0 Å². The van der Waals surface area contributed by atoms with Gasteiger partial charge in [-0.15, -0.1) is 0 Å². The zero-order valence-corrected chi connectivity index (χ0v) is 14.5. The minimum Gasteiger partial charge on any atom is -0.381 e. The molecule has 0 saturated carbocycles. The number of hydrogen-bond acceptors (Lipinski definition) is 4. The third-order valence-corrected chi connectivity index (χ3v) is 3.67. The molecule has 6 nitrogen and oxygen atoms in total.